The number of carbonyl (C=O) groups is 1. The molecule has 1 amide bonds. The van der Waals surface area contributed by atoms with Gasteiger partial charge in [-0.15, -0.1) is 0 Å². The van der Waals surface area contributed by atoms with Crippen molar-refractivity contribution < 1.29 is 20.1 Å². The number of aliphatic hydroxyl groups excluding tert-OH is 2. The number of nitrogens with one attached hydrogen (secondary N) is 1. The van der Waals surface area contributed by atoms with Crippen molar-refractivity contribution in [1.29, 1.82) is 0 Å². The third-order valence-corrected chi connectivity index (χ3v) is 2.28. The van der Waals surface area contributed by atoms with Crippen molar-refractivity contribution in [2.45, 2.75) is 12.5 Å². The fourth-order valence-corrected chi connectivity index (χ4v) is 1.45. The van der Waals surface area contributed by atoms with Crippen LogP contribution in [0.25, 0.3) is 0 Å². The first-order chi connectivity index (χ1) is 8.63. The van der Waals surface area contributed by atoms with Crippen molar-refractivity contribution in [3.8, 4) is 11.8 Å². The minimum atomic E-state index is -1.11. The van der Waals surface area contributed by atoms with Crippen molar-refractivity contribution in [2.75, 3.05) is 13.2 Å². The molecule has 1 aromatic carbocycles. The number of hydrogen-bond acceptors (Lipinski definition) is 3. The molecule has 0 heterocycles. The maximum atomic E-state index is 10.3. The minimum absolute atomic E-state index is 0.184. The summed E-state index contributed by atoms with van der Waals surface area (Å²) >= 11 is 0. The lowest BCUT2D eigenvalue weighted by Gasteiger charge is -2.11. The van der Waals surface area contributed by atoms with Gasteiger partial charge >= 0.3 is 6.09 Å². The summed E-state index contributed by atoms with van der Waals surface area (Å²) in [5, 5.41) is 29.0. The average Bonchev–Trinajstić information content (AvgIpc) is 2.36. The molecule has 18 heavy (non-hydrogen) atoms. The standard InChI is InChI=1S/C13H15NO4/c15-8-2-4-10-3-1-5-11(9-10)12(16)6-7-14-13(17)18/h1,3,5,9,12,14-16H,6-8H2,(H,17,18). The van der Waals surface area contributed by atoms with Gasteiger partial charge in [-0.3, -0.25) is 0 Å². The van der Waals surface area contributed by atoms with Crippen molar-refractivity contribution in [3.05, 3.63) is 35.4 Å². The second-order valence-corrected chi connectivity index (χ2v) is 3.62. The van der Waals surface area contributed by atoms with Gasteiger partial charge in [0, 0.05) is 12.1 Å². The highest BCUT2D eigenvalue weighted by Gasteiger charge is 2.08. The van der Waals surface area contributed by atoms with Crippen LogP contribution < -0.4 is 5.32 Å². The number of carboxylic acid groups (broad SMARTS) is 1. The zero-order valence-corrected chi connectivity index (χ0v) is 9.76. The first kappa shape index (κ1) is 14.0. The lowest BCUT2D eigenvalue weighted by molar-refractivity contribution is 0.162. The van der Waals surface area contributed by atoms with Gasteiger partial charge in [0.25, 0.3) is 0 Å². The molecule has 1 aromatic rings. The Morgan fingerprint density at radius 1 is 1.44 bits per heavy atom. The summed E-state index contributed by atoms with van der Waals surface area (Å²) in [6, 6.07) is 6.99. The van der Waals surface area contributed by atoms with Crippen LogP contribution in [0.2, 0.25) is 0 Å². The number of aliphatic hydroxyl groups is 2. The summed E-state index contributed by atoms with van der Waals surface area (Å²) in [5.41, 5.74) is 1.37. The van der Waals surface area contributed by atoms with Gasteiger partial charge in [-0.2, -0.15) is 0 Å². The molecule has 0 aromatic heterocycles. The molecule has 0 spiro atoms. The third-order valence-electron chi connectivity index (χ3n) is 2.28. The number of hydrogen-bond donors (Lipinski definition) is 4. The molecule has 1 rings (SSSR count). The van der Waals surface area contributed by atoms with Crippen molar-refractivity contribution in [3.63, 3.8) is 0 Å². The predicted molar refractivity (Wildman–Crippen MR) is 66.0 cm³/mol. The van der Waals surface area contributed by atoms with Gasteiger partial charge in [0.2, 0.25) is 0 Å². The molecule has 0 fully saturated rings. The molecule has 0 saturated heterocycles. The Balaban J connectivity index is 2.62. The van der Waals surface area contributed by atoms with E-state index in [-0.39, 0.29) is 13.2 Å². The molecule has 1 unspecified atom stereocenters. The van der Waals surface area contributed by atoms with Gasteiger partial charge in [0.15, 0.2) is 0 Å². The number of rotatable bonds is 4. The Bertz CT molecular complexity index is 462. The molecule has 5 nitrogen and oxygen atoms in total. The van der Waals surface area contributed by atoms with Crippen LogP contribution in [-0.4, -0.2) is 34.6 Å². The smallest absolute Gasteiger partial charge is 0.404 e. The third kappa shape index (κ3) is 4.87. The van der Waals surface area contributed by atoms with Crippen LogP contribution in [-0.2, 0) is 0 Å². The maximum Gasteiger partial charge on any atom is 0.404 e. The van der Waals surface area contributed by atoms with Crippen molar-refractivity contribution in [1.82, 2.24) is 5.32 Å². The Morgan fingerprint density at radius 2 is 2.22 bits per heavy atom. The topological polar surface area (TPSA) is 89.8 Å². The van der Waals surface area contributed by atoms with Crippen LogP contribution in [0.4, 0.5) is 4.79 Å². The summed E-state index contributed by atoms with van der Waals surface area (Å²) in [5.74, 6) is 5.27. The fourth-order valence-electron chi connectivity index (χ4n) is 1.45. The molecule has 0 aliphatic heterocycles. The van der Waals surface area contributed by atoms with Crippen molar-refractivity contribution in [2.24, 2.45) is 0 Å². The summed E-state index contributed by atoms with van der Waals surface area (Å²) in [7, 11) is 0. The van der Waals surface area contributed by atoms with Gasteiger partial charge in [0.05, 0.1) is 6.10 Å². The van der Waals surface area contributed by atoms with E-state index < -0.39 is 12.2 Å². The normalized spacial score (nSPS) is 11.2. The highest BCUT2D eigenvalue weighted by Crippen LogP contribution is 2.16. The monoisotopic (exact) mass is 249 g/mol. The zero-order valence-electron chi connectivity index (χ0n) is 9.76. The minimum Gasteiger partial charge on any atom is -0.465 e. The molecule has 4 N–H and O–H groups in total. The summed E-state index contributed by atoms with van der Waals surface area (Å²) in [6.45, 7) is -0.0294. The molecule has 0 radical (unpaired) electrons. The first-order valence-electron chi connectivity index (χ1n) is 5.48. The molecule has 0 aliphatic carbocycles. The maximum absolute atomic E-state index is 10.3. The molecular formula is C13H15NO4. The van der Waals surface area contributed by atoms with E-state index in [4.69, 9.17) is 10.2 Å². The van der Waals surface area contributed by atoms with E-state index in [1.807, 2.05) is 0 Å². The van der Waals surface area contributed by atoms with Gasteiger partial charge in [0.1, 0.15) is 6.61 Å². The van der Waals surface area contributed by atoms with Crippen LogP contribution in [0.1, 0.15) is 23.7 Å². The Labute approximate surface area is 105 Å². The SMILES string of the molecule is O=C(O)NCCC(O)c1cccc(C#CCO)c1. The largest absolute Gasteiger partial charge is 0.465 e. The van der Waals surface area contributed by atoms with Crippen molar-refractivity contribution >= 4 is 6.09 Å². The van der Waals surface area contributed by atoms with Gasteiger partial charge in [-0.05, 0) is 24.1 Å². The lowest BCUT2D eigenvalue weighted by Crippen LogP contribution is -2.23. The van der Waals surface area contributed by atoms with E-state index in [1.54, 1.807) is 24.3 Å². The van der Waals surface area contributed by atoms with E-state index in [1.165, 1.54) is 0 Å². The fraction of sp³-hybridized carbons (Fsp3) is 0.308. The van der Waals surface area contributed by atoms with Crippen LogP contribution in [0, 0.1) is 11.8 Å². The average molecular weight is 249 g/mol. The first-order valence-corrected chi connectivity index (χ1v) is 5.48. The Kier molecular flexibility index (Phi) is 5.71. The van der Waals surface area contributed by atoms with Gasteiger partial charge in [-0.25, -0.2) is 4.79 Å². The van der Waals surface area contributed by atoms with Crippen LogP contribution >= 0.6 is 0 Å². The zero-order chi connectivity index (χ0) is 13.4. The molecule has 96 valence electrons. The Hall–Kier alpha value is -2.03. The summed E-state index contributed by atoms with van der Waals surface area (Å²) in [6.07, 6.45) is -1.55. The van der Waals surface area contributed by atoms with E-state index in [0.29, 0.717) is 17.5 Å². The molecule has 0 saturated carbocycles. The molecule has 1 atom stereocenters. The van der Waals surface area contributed by atoms with E-state index >= 15 is 0 Å². The van der Waals surface area contributed by atoms with E-state index in [2.05, 4.69) is 17.2 Å². The van der Waals surface area contributed by atoms with E-state index in [0.717, 1.165) is 0 Å². The van der Waals surface area contributed by atoms with Gasteiger partial charge in [-0.1, -0.05) is 24.0 Å². The molecule has 0 bridgehead atoms. The second-order valence-electron chi connectivity index (χ2n) is 3.62. The number of amides is 1. The number of benzene rings is 1. The molecular weight excluding hydrogens is 234 g/mol. The van der Waals surface area contributed by atoms with Crippen LogP contribution in [0.5, 0.6) is 0 Å². The van der Waals surface area contributed by atoms with E-state index in [9.17, 15) is 9.90 Å². The summed E-state index contributed by atoms with van der Waals surface area (Å²) < 4.78 is 0. The molecule has 0 aliphatic rings. The highest BCUT2D eigenvalue weighted by molar-refractivity contribution is 5.64. The summed E-state index contributed by atoms with van der Waals surface area (Å²) in [4.78, 5) is 10.3. The van der Waals surface area contributed by atoms with Crippen LogP contribution in [0.3, 0.4) is 0 Å². The van der Waals surface area contributed by atoms with Gasteiger partial charge < -0.3 is 20.6 Å². The lowest BCUT2D eigenvalue weighted by atomic mass is 10.0. The Morgan fingerprint density at radius 3 is 2.89 bits per heavy atom. The predicted octanol–water partition coefficient (Wildman–Crippen LogP) is 0.721. The van der Waals surface area contributed by atoms with Crippen LogP contribution in [0.15, 0.2) is 24.3 Å². The second kappa shape index (κ2) is 7.33. The highest BCUT2D eigenvalue weighted by atomic mass is 16.4. The molecule has 5 heteroatoms. The quantitative estimate of drug-likeness (QED) is 0.592.